The molecule has 1 rings (SSSR count). The predicted molar refractivity (Wildman–Crippen MR) is 62.7 cm³/mol. The number of halogens is 1. The van der Waals surface area contributed by atoms with Crippen molar-refractivity contribution in [3.8, 4) is 0 Å². The Morgan fingerprint density at radius 2 is 2.00 bits per heavy atom. The first kappa shape index (κ1) is 12.8. The van der Waals surface area contributed by atoms with E-state index in [9.17, 15) is 9.18 Å². The summed E-state index contributed by atoms with van der Waals surface area (Å²) in [5.41, 5.74) is 5.72. The van der Waals surface area contributed by atoms with Crippen molar-refractivity contribution < 1.29 is 9.18 Å². The highest BCUT2D eigenvalue weighted by Crippen LogP contribution is 2.18. The van der Waals surface area contributed by atoms with Gasteiger partial charge in [-0.05, 0) is 24.5 Å². The zero-order chi connectivity index (χ0) is 12.1. The van der Waals surface area contributed by atoms with Crippen LogP contribution < -0.4 is 5.73 Å². The molecule has 0 aliphatic rings. The van der Waals surface area contributed by atoms with Crippen LogP contribution in [-0.4, -0.2) is 12.3 Å². The average Bonchev–Trinajstić information content (AvgIpc) is 2.25. The van der Waals surface area contributed by atoms with Crippen molar-refractivity contribution in [1.29, 1.82) is 0 Å². The molecule has 2 nitrogen and oxygen atoms in total. The third kappa shape index (κ3) is 3.14. The molecule has 0 aromatic heterocycles. The first-order valence-corrected chi connectivity index (χ1v) is 5.55. The van der Waals surface area contributed by atoms with Crippen LogP contribution in [0.3, 0.4) is 0 Å². The fourth-order valence-electron chi connectivity index (χ4n) is 1.76. The molecule has 0 heterocycles. The molecule has 16 heavy (non-hydrogen) atoms. The van der Waals surface area contributed by atoms with Gasteiger partial charge in [-0.25, -0.2) is 4.39 Å². The van der Waals surface area contributed by atoms with E-state index >= 15 is 0 Å². The van der Waals surface area contributed by atoms with Gasteiger partial charge in [0.2, 0.25) is 0 Å². The quantitative estimate of drug-likeness (QED) is 0.780. The summed E-state index contributed by atoms with van der Waals surface area (Å²) in [6, 6.07) is 6.06. The van der Waals surface area contributed by atoms with Crippen molar-refractivity contribution in [2.24, 2.45) is 17.6 Å². The second-order valence-corrected chi connectivity index (χ2v) is 4.41. The lowest BCUT2D eigenvalue weighted by atomic mass is 9.89. The average molecular weight is 223 g/mol. The first-order valence-electron chi connectivity index (χ1n) is 5.55. The van der Waals surface area contributed by atoms with E-state index in [1.807, 2.05) is 13.8 Å². The summed E-state index contributed by atoms with van der Waals surface area (Å²) in [5.74, 6) is -0.551. The highest BCUT2D eigenvalue weighted by Gasteiger charge is 2.21. The molecule has 0 spiro atoms. The molecule has 3 heteroatoms. The molecule has 1 atom stereocenters. The summed E-state index contributed by atoms with van der Waals surface area (Å²) in [6.07, 6.45) is 0.698. The van der Waals surface area contributed by atoms with Gasteiger partial charge in [0, 0.05) is 12.5 Å². The first-order chi connectivity index (χ1) is 7.56. The summed E-state index contributed by atoms with van der Waals surface area (Å²) >= 11 is 0. The smallest absolute Gasteiger partial charge is 0.170 e. The Balaban J connectivity index is 2.87. The van der Waals surface area contributed by atoms with E-state index in [-0.39, 0.29) is 23.8 Å². The van der Waals surface area contributed by atoms with Crippen molar-refractivity contribution in [1.82, 2.24) is 0 Å². The fourth-order valence-corrected chi connectivity index (χ4v) is 1.76. The maximum Gasteiger partial charge on any atom is 0.170 e. The van der Waals surface area contributed by atoms with E-state index in [0.29, 0.717) is 12.3 Å². The van der Waals surface area contributed by atoms with Gasteiger partial charge in [0.1, 0.15) is 5.82 Å². The van der Waals surface area contributed by atoms with Crippen LogP contribution in [0.1, 0.15) is 30.6 Å². The maximum atomic E-state index is 13.4. The van der Waals surface area contributed by atoms with E-state index in [4.69, 9.17) is 5.73 Å². The number of hydrogen-bond donors (Lipinski definition) is 1. The zero-order valence-corrected chi connectivity index (χ0v) is 9.74. The van der Waals surface area contributed by atoms with Gasteiger partial charge in [0.15, 0.2) is 5.78 Å². The normalized spacial score (nSPS) is 12.8. The van der Waals surface area contributed by atoms with Crippen molar-refractivity contribution in [3.05, 3.63) is 35.6 Å². The Bertz CT molecular complexity index is 363. The Kier molecular flexibility index (Phi) is 4.62. The predicted octanol–water partition coefficient (Wildman–Crippen LogP) is 2.63. The van der Waals surface area contributed by atoms with Gasteiger partial charge < -0.3 is 5.73 Å². The number of ketones is 1. The highest BCUT2D eigenvalue weighted by atomic mass is 19.1. The lowest BCUT2D eigenvalue weighted by molar-refractivity contribution is 0.0904. The monoisotopic (exact) mass is 223 g/mol. The van der Waals surface area contributed by atoms with Gasteiger partial charge in [-0.1, -0.05) is 26.0 Å². The van der Waals surface area contributed by atoms with Crippen LogP contribution in [0.2, 0.25) is 0 Å². The maximum absolute atomic E-state index is 13.4. The SMILES string of the molecule is CC(C)CC(CN)C(=O)c1ccccc1F. The lowest BCUT2D eigenvalue weighted by Crippen LogP contribution is -2.26. The number of nitrogens with two attached hydrogens (primary N) is 1. The highest BCUT2D eigenvalue weighted by molar-refractivity contribution is 5.98. The minimum atomic E-state index is -0.463. The second-order valence-electron chi connectivity index (χ2n) is 4.41. The van der Waals surface area contributed by atoms with Crippen LogP contribution in [0, 0.1) is 17.7 Å². The van der Waals surface area contributed by atoms with Gasteiger partial charge in [-0.2, -0.15) is 0 Å². The molecular weight excluding hydrogens is 205 g/mol. The Morgan fingerprint density at radius 3 is 2.50 bits per heavy atom. The Hall–Kier alpha value is -1.22. The van der Waals surface area contributed by atoms with Crippen molar-refractivity contribution in [2.75, 3.05) is 6.54 Å². The van der Waals surface area contributed by atoms with Gasteiger partial charge in [-0.15, -0.1) is 0 Å². The number of rotatable bonds is 5. The lowest BCUT2D eigenvalue weighted by Gasteiger charge is -2.16. The van der Waals surface area contributed by atoms with Crippen LogP contribution in [0.5, 0.6) is 0 Å². The molecule has 0 saturated carbocycles. The van der Waals surface area contributed by atoms with Gasteiger partial charge in [0.05, 0.1) is 5.56 Å². The minimum absolute atomic E-state index is 0.151. The molecule has 1 aromatic carbocycles. The topological polar surface area (TPSA) is 43.1 Å². The van der Waals surface area contributed by atoms with Gasteiger partial charge in [-0.3, -0.25) is 4.79 Å². The zero-order valence-electron chi connectivity index (χ0n) is 9.74. The molecule has 88 valence electrons. The third-order valence-corrected chi connectivity index (χ3v) is 2.55. The molecular formula is C13H18FNO. The van der Waals surface area contributed by atoms with Gasteiger partial charge >= 0.3 is 0 Å². The molecule has 1 aromatic rings. The van der Waals surface area contributed by atoms with Crippen LogP contribution >= 0.6 is 0 Å². The van der Waals surface area contributed by atoms with E-state index in [0.717, 1.165) is 0 Å². The third-order valence-electron chi connectivity index (χ3n) is 2.55. The Labute approximate surface area is 95.7 Å². The van der Waals surface area contributed by atoms with Crippen molar-refractivity contribution in [3.63, 3.8) is 0 Å². The molecule has 0 saturated heterocycles. The molecule has 1 unspecified atom stereocenters. The van der Waals surface area contributed by atoms with Crippen LogP contribution in [0.15, 0.2) is 24.3 Å². The second kappa shape index (κ2) is 5.75. The van der Waals surface area contributed by atoms with E-state index < -0.39 is 5.82 Å². The number of carbonyl (C=O) groups is 1. The van der Waals surface area contributed by atoms with Gasteiger partial charge in [0.25, 0.3) is 0 Å². The number of hydrogen-bond acceptors (Lipinski definition) is 2. The molecule has 0 aliphatic carbocycles. The molecule has 2 N–H and O–H groups in total. The molecule has 0 amide bonds. The van der Waals surface area contributed by atoms with Crippen LogP contribution in [0.25, 0.3) is 0 Å². The number of carbonyl (C=O) groups excluding carboxylic acids is 1. The number of benzene rings is 1. The summed E-state index contributed by atoms with van der Waals surface area (Å²) < 4.78 is 13.4. The Morgan fingerprint density at radius 1 is 1.38 bits per heavy atom. The van der Waals surface area contributed by atoms with E-state index in [2.05, 4.69) is 0 Å². The van der Waals surface area contributed by atoms with E-state index in [1.165, 1.54) is 12.1 Å². The molecule has 0 radical (unpaired) electrons. The standard InChI is InChI=1S/C13H18FNO/c1-9(2)7-10(8-15)13(16)11-5-3-4-6-12(11)14/h3-6,9-10H,7-8,15H2,1-2H3. The minimum Gasteiger partial charge on any atom is -0.330 e. The van der Waals surface area contributed by atoms with Crippen LogP contribution in [0.4, 0.5) is 4.39 Å². The molecule has 0 fully saturated rings. The summed E-state index contributed by atoms with van der Waals surface area (Å²) in [7, 11) is 0. The largest absolute Gasteiger partial charge is 0.330 e. The summed E-state index contributed by atoms with van der Waals surface area (Å²) in [4.78, 5) is 12.0. The van der Waals surface area contributed by atoms with Crippen LogP contribution in [-0.2, 0) is 0 Å². The fraction of sp³-hybridized carbons (Fsp3) is 0.462. The van der Waals surface area contributed by atoms with Crippen molar-refractivity contribution >= 4 is 5.78 Å². The van der Waals surface area contributed by atoms with E-state index in [1.54, 1.807) is 12.1 Å². The summed E-state index contributed by atoms with van der Waals surface area (Å²) in [5, 5.41) is 0. The molecule has 0 aliphatic heterocycles. The number of Topliss-reactive ketones (excluding diaryl/α,β-unsaturated/α-hetero) is 1. The van der Waals surface area contributed by atoms with Crippen molar-refractivity contribution in [2.45, 2.75) is 20.3 Å². The summed E-state index contributed by atoms with van der Waals surface area (Å²) in [6.45, 7) is 4.32. The molecule has 0 bridgehead atoms.